The number of sulfonamides is 1. The SMILES string of the molecule is CS(=O)(=O)N1CCC(Nc2cc(C#N)nc3ccccc23)CC1. The van der Waals surface area contributed by atoms with Crippen LogP contribution < -0.4 is 5.32 Å². The van der Waals surface area contributed by atoms with Gasteiger partial charge >= 0.3 is 0 Å². The van der Waals surface area contributed by atoms with Crippen molar-refractivity contribution in [2.75, 3.05) is 24.7 Å². The molecule has 0 saturated carbocycles. The summed E-state index contributed by atoms with van der Waals surface area (Å²) >= 11 is 0. The number of aromatic nitrogens is 1. The largest absolute Gasteiger partial charge is 0.382 e. The van der Waals surface area contributed by atoms with Gasteiger partial charge in [0.1, 0.15) is 11.8 Å². The van der Waals surface area contributed by atoms with Crippen LogP contribution in [0.2, 0.25) is 0 Å². The summed E-state index contributed by atoms with van der Waals surface area (Å²) in [5.41, 5.74) is 2.03. The van der Waals surface area contributed by atoms with E-state index in [1.54, 1.807) is 6.07 Å². The van der Waals surface area contributed by atoms with Crippen molar-refractivity contribution in [2.24, 2.45) is 0 Å². The van der Waals surface area contributed by atoms with Gasteiger partial charge in [0.25, 0.3) is 0 Å². The van der Waals surface area contributed by atoms with Crippen LogP contribution in [0.25, 0.3) is 10.9 Å². The Morgan fingerprint density at radius 1 is 1.30 bits per heavy atom. The summed E-state index contributed by atoms with van der Waals surface area (Å²) in [6, 6.07) is 11.7. The first-order chi connectivity index (χ1) is 11.0. The Morgan fingerprint density at radius 3 is 2.65 bits per heavy atom. The van der Waals surface area contributed by atoms with Crippen LogP contribution in [-0.2, 0) is 10.0 Å². The highest BCUT2D eigenvalue weighted by Crippen LogP contribution is 2.26. The van der Waals surface area contributed by atoms with E-state index in [4.69, 9.17) is 5.26 Å². The van der Waals surface area contributed by atoms with E-state index in [9.17, 15) is 8.42 Å². The second-order valence-electron chi connectivity index (χ2n) is 5.76. The van der Waals surface area contributed by atoms with Crippen molar-refractivity contribution >= 4 is 26.6 Å². The number of piperidine rings is 1. The van der Waals surface area contributed by atoms with Crippen molar-refractivity contribution in [3.05, 3.63) is 36.0 Å². The molecule has 0 unspecified atom stereocenters. The third-order valence-corrected chi connectivity index (χ3v) is 5.42. The Kier molecular flexibility index (Phi) is 4.20. The van der Waals surface area contributed by atoms with Gasteiger partial charge in [0, 0.05) is 30.2 Å². The lowest BCUT2D eigenvalue weighted by atomic mass is 10.1. The number of hydrogen-bond acceptors (Lipinski definition) is 5. The molecule has 7 heteroatoms. The number of rotatable bonds is 3. The molecule has 0 bridgehead atoms. The first kappa shape index (κ1) is 15.7. The molecule has 23 heavy (non-hydrogen) atoms. The molecule has 1 saturated heterocycles. The van der Waals surface area contributed by atoms with Gasteiger partial charge in [-0.15, -0.1) is 0 Å². The zero-order chi connectivity index (χ0) is 16.4. The van der Waals surface area contributed by atoms with Crippen molar-refractivity contribution in [2.45, 2.75) is 18.9 Å². The standard InChI is InChI=1S/C16H18N4O2S/c1-23(21,22)20-8-6-12(7-9-20)18-16-10-13(11-17)19-15-5-3-2-4-14(15)16/h2-5,10,12H,6-9H2,1H3,(H,18,19). The molecule has 2 heterocycles. The van der Waals surface area contributed by atoms with Gasteiger partial charge in [-0.3, -0.25) is 0 Å². The first-order valence-corrected chi connectivity index (χ1v) is 9.34. The summed E-state index contributed by atoms with van der Waals surface area (Å²) < 4.78 is 24.7. The van der Waals surface area contributed by atoms with Crippen LogP contribution >= 0.6 is 0 Å². The Morgan fingerprint density at radius 2 is 2.00 bits per heavy atom. The zero-order valence-corrected chi connectivity index (χ0v) is 13.7. The van der Waals surface area contributed by atoms with E-state index < -0.39 is 10.0 Å². The van der Waals surface area contributed by atoms with Crippen molar-refractivity contribution in [3.8, 4) is 6.07 Å². The number of nitrogens with one attached hydrogen (secondary N) is 1. The summed E-state index contributed by atoms with van der Waals surface area (Å²) in [4.78, 5) is 4.30. The van der Waals surface area contributed by atoms with E-state index in [-0.39, 0.29) is 6.04 Å². The first-order valence-electron chi connectivity index (χ1n) is 7.49. The number of pyridine rings is 1. The topological polar surface area (TPSA) is 86.1 Å². The number of anilines is 1. The van der Waals surface area contributed by atoms with Gasteiger partial charge in [-0.05, 0) is 25.0 Å². The molecule has 1 aromatic carbocycles. The molecule has 1 aromatic heterocycles. The van der Waals surface area contributed by atoms with E-state index in [1.165, 1.54) is 10.6 Å². The molecule has 3 rings (SSSR count). The van der Waals surface area contributed by atoms with Crippen LogP contribution in [0.5, 0.6) is 0 Å². The molecule has 0 aliphatic carbocycles. The van der Waals surface area contributed by atoms with Crippen molar-refractivity contribution in [3.63, 3.8) is 0 Å². The number of fused-ring (bicyclic) bond motifs is 1. The minimum atomic E-state index is -3.12. The van der Waals surface area contributed by atoms with Gasteiger partial charge in [0.15, 0.2) is 0 Å². The molecule has 120 valence electrons. The highest BCUT2D eigenvalue weighted by molar-refractivity contribution is 7.88. The zero-order valence-electron chi connectivity index (χ0n) is 12.9. The Hall–Kier alpha value is -2.17. The maximum Gasteiger partial charge on any atom is 0.211 e. The van der Waals surface area contributed by atoms with Gasteiger partial charge in [-0.1, -0.05) is 18.2 Å². The summed E-state index contributed by atoms with van der Waals surface area (Å²) in [5.74, 6) is 0. The van der Waals surface area contributed by atoms with Crippen LogP contribution in [0.3, 0.4) is 0 Å². The number of para-hydroxylation sites is 1. The molecular weight excluding hydrogens is 312 g/mol. The molecular formula is C16H18N4O2S. The smallest absolute Gasteiger partial charge is 0.211 e. The van der Waals surface area contributed by atoms with E-state index in [0.29, 0.717) is 18.8 Å². The maximum atomic E-state index is 11.6. The molecule has 0 spiro atoms. The normalized spacial score (nSPS) is 17.0. The average Bonchev–Trinajstić information content (AvgIpc) is 2.54. The Labute approximate surface area is 135 Å². The maximum absolute atomic E-state index is 11.6. The van der Waals surface area contributed by atoms with Crippen LogP contribution in [0.15, 0.2) is 30.3 Å². The fraction of sp³-hybridized carbons (Fsp3) is 0.375. The lowest BCUT2D eigenvalue weighted by molar-refractivity contribution is 0.332. The minimum Gasteiger partial charge on any atom is -0.382 e. The predicted octanol–water partition coefficient (Wildman–Crippen LogP) is 1.94. The molecule has 0 atom stereocenters. The minimum absolute atomic E-state index is 0.186. The number of benzene rings is 1. The van der Waals surface area contributed by atoms with Crippen molar-refractivity contribution in [1.29, 1.82) is 5.26 Å². The Bertz CT molecular complexity index is 865. The van der Waals surface area contributed by atoms with Crippen molar-refractivity contribution < 1.29 is 8.42 Å². The quantitative estimate of drug-likeness (QED) is 0.929. The fourth-order valence-corrected chi connectivity index (χ4v) is 3.78. The van der Waals surface area contributed by atoms with Crippen molar-refractivity contribution in [1.82, 2.24) is 9.29 Å². The molecule has 0 radical (unpaired) electrons. The summed E-state index contributed by atoms with van der Waals surface area (Å²) in [7, 11) is -3.12. The number of hydrogen-bond donors (Lipinski definition) is 1. The molecule has 1 fully saturated rings. The predicted molar refractivity (Wildman–Crippen MR) is 89.5 cm³/mol. The third-order valence-electron chi connectivity index (χ3n) is 4.11. The van der Waals surface area contributed by atoms with Gasteiger partial charge in [0.2, 0.25) is 10.0 Å². The highest BCUT2D eigenvalue weighted by Gasteiger charge is 2.25. The third kappa shape index (κ3) is 3.44. The fourth-order valence-electron chi connectivity index (χ4n) is 2.90. The van der Waals surface area contributed by atoms with E-state index in [1.807, 2.05) is 24.3 Å². The Balaban J connectivity index is 1.82. The molecule has 6 nitrogen and oxygen atoms in total. The second-order valence-corrected chi connectivity index (χ2v) is 7.75. The van der Waals surface area contributed by atoms with Gasteiger partial charge in [0.05, 0.1) is 11.8 Å². The van der Waals surface area contributed by atoms with Crippen LogP contribution in [0.4, 0.5) is 5.69 Å². The van der Waals surface area contributed by atoms with Crippen LogP contribution in [0, 0.1) is 11.3 Å². The van der Waals surface area contributed by atoms with Gasteiger partial charge < -0.3 is 5.32 Å². The van der Waals surface area contributed by atoms with Crippen LogP contribution in [0.1, 0.15) is 18.5 Å². The highest BCUT2D eigenvalue weighted by atomic mass is 32.2. The van der Waals surface area contributed by atoms with Gasteiger partial charge in [-0.25, -0.2) is 17.7 Å². The van der Waals surface area contributed by atoms with E-state index in [2.05, 4.69) is 16.4 Å². The molecule has 1 aliphatic heterocycles. The van der Waals surface area contributed by atoms with Gasteiger partial charge in [-0.2, -0.15) is 5.26 Å². The van der Waals surface area contributed by atoms with Crippen LogP contribution in [-0.4, -0.2) is 43.1 Å². The molecule has 1 aliphatic rings. The molecule has 0 amide bonds. The number of nitrogens with zero attached hydrogens (tertiary/aromatic N) is 3. The molecule has 1 N–H and O–H groups in total. The second kappa shape index (κ2) is 6.14. The monoisotopic (exact) mass is 330 g/mol. The lowest BCUT2D eigenvalue weighted by Crippen LogP contribution is -2.41. The van der Waals surface area contributed by atoms with E-state index in [0.717, 1.165) is 29.4 Å². The number of nitriles is 1. The van der Waals surface area contributed by atoms with E-state index >= 15 is 0 Å². The average molecular weight is 330 g/mol. The molecule has 2 aromatic rings. The summed E-state index contributed by atoms with van der Waals surface area (Å²) in [5, 5.41) is 13.6. The summed E-state index contributed by atoms with van der Waals surface area (Å²) in [6.45, 7) is 1.04. The summed E-state index contributed by atoms with van der Waals surface area (Å²) in [6.07, 6.45) is 2.73. The lowest BCUT2D eigenvalue weighted by Gasteiger charge is -2.31.